The van der Waals surface area contributed by atoms with Crippen LogP contribution in [0, 0.1) is 0 Å². The third-order valence-electron chi connectivity index (χ3n) is 2.92. The Morgan fingerprint density at radius 1 is 0.632 bits per heavy atom. The maximum Gasteiger partial charge on any atom is 0.124 e. The molecule has 1 N–H and O–H groups in total. The number of fused-ring (bicyclic) bond motifs is 5. The van der Waals surface area contributed by atoms with Gasteiger partial charge in [-0.3, -0.25) is 0 Å². The van der Waals surface area contributed by atoms with Crippen molar-refractivity contribution in [2.24, 2.45) is 0 Å². The van der Waals surface area contributed by atoms with Crippen molar-refractivity contribution < 1.29 is 20.2 Å². The van der Waals surface area contributed by atoms with Crippen LogP contribution >= 0.6 is 0 Å². The topological polar surface area (TPSA) is 20.2 Å². The van der Waals surface area contributed by atoms with Crippen molar-refractivity contribution in [2.45, 2.75) is 0 Å². The Hall–Kier alpha value is -2.54. The summed E-state index contributed by atoms with van der Waals surface area (Å²) in [4.78, 5) is 0. The van der Waals surface area contributed by atoms with E-state index in [0.717, 1.165) is 0 Å². The summed E-state index contributed by atoms with van der Waals surface area (Å²) in [5, 5.41) is 8.91. The normalized spacial score (nSPS) is 19.5. The average Bonchev–Trinajstić information content (AvgIpc) is 2.71. The number of rotatable bonds is 0. The zero-order valence-corrected chi connectivity index (χ0v) is 9.45. The van der Waals surface area contributed by atoms with Gasteiger partial charge in [0.25, 0.3) is 0 Å². The molecular formula is C18H12O. The highest BCUT2D eigenvalue weighted by Crippen LogP contribution is 2.36. The van der Waals surface area contributed by atoms with Crippen LogP contribution in [-0.4, -0.2) is 5.11 Å². The van der Waals surface area contributed by atoms with E-state index >= 15 is 0 Å². The Morgan fingerprint density at radius 2 is 1.26 bits per heavy atom. The minimum absolute atomic E-state index is 0.248. The second-order valence-corrected chi connectivity index (χ2v) is 3.97. The van der Waals surface area contributed by atoms with E-state index < -0.39 is 72.2 Å². The lowest BCUT2D eigenvalue weighted by Gasteiger charge is -2.09. The highest BCUT2D eigenvalue weighted by Gasteiger charge is 2.07. The summed E-state index contributed by atoms with van der Waals surface area (Å²) < 4.78 is 89.5. The summed E-state index contributed by atoms with van der Waals surface area (Å²) >= 11 is 0. The molecule has 0 saturated heterocycles. The molecule has 4 rings (SSSR count). The molecule has 0 unspecified atom stereocenters. The third kappa shape index (κ3) is 1.42. The van der Waals surface area contributed by atoms with Crippen LogP contribution in [0.5, 0.6) is 5.75 Å². The van der Waals surface area contributed by atoms with Crippen LogP contribution in [0.1, 0.15) is 15.1 Å². The van der Waals surface area contributed by atoms with Gasteiger partial charge in [-0.25, -0.2) is 0 Å². The van der Waals surface area contributed by atoms with Crippen LogP contribution in [0.25, 0.3) is 32.3 Å². The zero-order valence-electron chi connectivity index (χ0n) is 20.4. The van der Waals surface area contributed by atoms with Gasteiger partial charge in [0.2, 0.25) is 0 Å². The number of phenols is 1. The van der Waals surface area contributed by atoms with Crippen molar-refractivity contribution in [1.82, 2.24) is 0 Å². The molecule has 4 aromatic carbocycles. The second kappa shape index (κ2) is 3.72. The fraction of sp³-hybridized carbons (Fsp3) is 0. The zero-order chi connectivity index (χ0) is 22.4. The Morgan fingerprint density at radius 3 is 2.11 bits per heavy atom. The van der Waals surface area contributed by atoms with Gasteiger partial charge in [0.05, 0.1) is 15.1 Å². The molecule has 0 spiro atoms. The van der Waals surface area contributed by atoms with Crippen molar-refractivity contribution in [3.63, 3.8) is 0 Å². The first kappa shape index (κ1) is 4.24. The van der Waals surface area contributed by atoms with Crippen molar-refractivity contribution in [1.29, 1.82) is 0 Å². The number of hydrogen-bond donors (Lipinski definition) is 1. The average molecular weight is 255 g/mol. The smallest absolute Gasteiger partial charge is 0.124 e. The van der Waals surface area contributed by atoms with Crippen LogP contribution in [-0.2, 0) is 0 Å². The van der Waals surface area contributed by atoms with Crippen molar-refractivity contribution in [2.75, 3.05) is 0 Å². The summed E-state index contributed by atoms with van der Waals surface area (Å²) in [6.07, 6.45) is 0. The van der Waals surface area contributed by atoms with Gasteiger partial charge in [-0.2, -0.15) is 0 Å². The van der Waals surface area contributed by atoms with Crippen molar-refractivity contribution >= 4 is 32.3 Å². The van der Waals surface area contributed by atoms with Crippen LogP contribution in [0.15, 0.2) is 66.5 Å². The van der Waals surface area contributed by atoms with Crippen LogP contribution in [0.2, 0.25) is 0 Å². The van der Waals surface area contributed by atoms with Crippen LogP contribution in [0.3, 0.4) is 0 Å². The SMILES string of the molecule is [2H]c1c([2H])c([2H])c2c(c1[2H])c([2H])c([2H])c1c3c([2H])c([2H])c([2H])c([2H])c3c(O)c([2H])c21. The van der Waals surface area contributed by atoms with Gasteiger partial charge in [-0.15, -0.1) is 0 Å². The van der Waals surface area contributed by atoms with Gasteiger partial charge in [0.1, 0.15) is 5.75 Å². The van der Waals surface area contributed by atoms with Gasteiger partial charge < -0.3 is 5.11 Å². The monoisotopic (exact) mass is 255 g/mol. The molecule has 0 amide bonds. The van der Waals surface area contributed by atoms with E-state index in [0.29, 0.717) is 0 Å². The van der Waals surface area contributed by atoms with Crippen molar-refractivity contribution in [3.05, 3.63) is 66.5 Å². The largest absolute Gasteiger partial charge is 0.507 e. The highest BCUT2D eigenvalue weighted by atomic mass is 16.3. The molecule has 0 atom stereocenters. The molecule has 0 fully saturated rings. The van der Waals surface area contributed by atoms with E-state index in [2.05, 4.69) is 0 Å². The van der Waals surface area contributed by atoms with E-state index in [1.54, 1.807) is 0 Å². The minimum atomic E-state index is -0.796. The first-order valence-corrected chi connectivity index (χ1v) is 5.47. The van der Waals surface area contributed by atoms with Gasteiger partial charge in [-0.05, 0) is 33.0 Å². The molecule has 0 radical (unpaired) electrons. The molecule has 0 aliphatic heterocycles. The summed E-state index contributed by atoms with van der Waals surface area (Å²) in [6.45, 7) is 0. The molecule has 1 nitrogen and oxygen atoms in total. The van der Waals surface area contributed by atoms with E-state index in [4.69, 9.17) is 15.1 Å². The lowest BCUT2D eigenvalue weighted by Crippen LogP contribution is -1.81. The fourth-order valence-electron chi connectivity index (χ4n) is 2.08. The molecule has 90 valence electrons. The summed E-state index contributed by atoms with van der Waals surface area (Å²) in [5.74, 6) is -0.796. The lowest BCUT2D eigenvalue weighted by atomic mass is 9.96. The maximum atomic E-state index is 10.6. The third-order valence-corrected chi connectivity index (χ3v) is 2.92. The Kier molecular flexibility index (Phi) is 0.831. The maximum absolute atomic E-state index is 10.6. The highest BCUT2D eigenvalue weighted by molar-refractivity contribution is 6.18. The molecular weight excluding hydrogens is 232 g/mol. The van der Waals surface area contributed by atoms with Gasteiger partial charge >= 0.3 is 0 Å². The molecule has 0 aliphatic carbocycles. The Labute approximate surface area is 126 Å². The second-order valence-electron chi connectivity index (χ2n) is 3.97. The fourth-order valence-corrected chi connectivity index (χ4v) is 2.08. The number of phenolic OH excluding ortho intramolecular Hbond substituents is 1. The molecule has 0 aliphatic rings. The standard InChI is InChI=1S/C18H12O/c19-18-11-17-13-6-2-1-5-12(13)9-10-15(17)14-7-3-4-8-16(14)18/h1-11,19H/i1D,2D,3D,4D,5D,6D,7D,8D,9D,10D,11D. The lowest BCUT2D eigenvalue weighted by molar-refractivity contribution is 0.482. The first-order chi connectivity index (χ1) is 13.9. The van der Waals surface area contributed by atoms with Gasteiger partial charge in [-0.1, -0.05) is 60.4 Å². The summed E-state index contributed by atoms with van der Waals surface area (Å²) in [6, 6.07) is -6.62. The van der Waals surface area contributed by atoms with E-state index in [-0.39, 0.29) is 32.3 Å². The van der Waals surface area contributed by atoms with Gasteiger partial charge in [0.15, 0.2) is 0 Å². The molecule has 0 aromatic heterocycles. The van der Waals surface area contributed by atoms with E-state index in [1.165, 1.54) is 0 Å². The van der Waals surface area contributed by atoms with Gasteiger partial charge in [0, 0.05) is 5.39 Å². The molecule has 1 heteroatoms. The quantitative estimate of drug-likeness (QED) is 0.445. The first-order valence-electron chi connectivity index (χ1n) is 11.0. The summed E-state index contributed by atoms with van der Waals surface area (Å²) in [7, 11) is 0. The minimum Gasteiger partial charge on any atom is -0.507 e. The number of aromatic hydroxyl groups is 1. The predicted octanol–water partition coefficient (Wildman–Crippen LogP) is 4.85. The van der Waals surface area contributed by atoms with E-state index in [1.807, 2.05) is 0 Å². The predicted molar refractivity (Wildman–Crippen MR) is 80.6 cm³/mol. The number of hydrogen-bond acceptors (Lipinski definition) is 1. The Balaban J connectivity index is 2.56. The van der Waals surface area contributed by atoms with Crippen LogP contribution < -0.4 is 0 Å². The number of benzene rings is 4. The molecule has 0 saturated carbocycles. The summed E-state index contributed by atoms with van der Waals surface area (Å²) in [5.41, 5.74) is 0. The molecule has 19 heavy (non-hydrogen) atoms. The molecule has 4 aromatic rings. The Bertz CT molecular complexity index is 1350. The molecule has 0 bridgehead atoms. The van der Waals surface area contributed by atoms with E-state index in [9.17, 15) is 5.11 Å². The van der Waals surface area contributed by atoms with Crippen molar-refractivity contribution in [3.8, 4) is 5.75 Å². The van der Waals surface area contributed by atoms with Crippen LogP contribution in [0.4, 0.5) is 0 Å². The molecule has 0 heterocycles.